The van der Waals surface area contributed by atoms with Crippen molar-refractivity contribution in [1.29, 1.82) is 0 Å². The number of carbonyl (C=O) groups excluding carboxylic acids is 1. The van der Waals surface area contributed by atoms with Crippen LogP contribution in [0.4, 0.5) is 0 Å². The second-order valence-corrected chi connectivity index (χ2v) is 5.70. The minimum absolute atomic E-state index is 0.00642. The fraction of sp³-hybridized carbons (Fsp3) is 0.562. The van der Waals surface area contributed by atoms with Gasteiger partial charge >= 0.3 is 5.97 Å². The fourth-order valence-corrected chi connectivity index (χ4v) is 2.69. The molecule has 5 heteroatoms. The molecule has 1 aromatic rings. The van der Waals surface area contributed by atoms with E-state index in [2.05, 4.69) is 34.7 Å². The SMILES string of the molecule is CO[C@@H](CI)C[C@@H](CCc1ccccc1)OCOC(C)=O. The summed E-state index contributed by atoms with van der Waals surface area (Å²) in [6.45, 7) is 1.39. The largest absolute Gasteiger partial charge is 0.439 e. The van der Waals surface area contributed by atoms with E-state index in [9.17, 15) is 4.79 Å². The van der Waals surface area contributed by atoms with Crippen LogP contribution in [0.15, 0.2) is 30.3 Å². The van der Waals surface area contributed by atoms with Crippen LogP contribution < -0.4 is 0 Å². The van der Waals surface area contributed by atoms with E-state index in [0.29, 0.717) is 0 Å². The first-order chi connectivity index (χ1) is 10.2. The smallest absolute Gasteiger partial charge is 0.304 e. The molecule has 118 valence electrons. The predicted octanol–water partition coefficient (Wildman–Crippen LogP) is 3.37. The molecule has 0 N–H and O–H groups in total. The molecule has 2 atom stereocenters. The van der Waals surface area contributed by atoms with Crippen molar-refractivity contribution in [2.24, 2.45) is 0 Å². The molecule has 0 saturated heterocycles. The normalized spacial score (nSPS) is 13.7. The van der Waals surface area contributed by atoms with Crippen LogP contribution in [-0.4, -0.2) is 36.5 Å². The summed E-state index contributed by atoms with van der Waals surface area (Å²) in [4.78, 5) is 10.8. The molecule has 0 bridgehead atoms. The van der Waals surface area contributed by atoms with Crippen molar-refractivity contribution in [3.8, 4) is 0 Å². The highest BCUT2D eigenvalue weighted by atomic mass is 127. The molecule has 0 amide bonds. The molecule has 4 nitrogen and oxygen atoms in total. The summed E-state index contributed by atoms with van der Waals surface area (Å²) in [6, 6.07) is 10.3. The van der Waals surface area contributed by atoms with Gasteiger partial charge in [-0.3, -0.25) is 4.79 Å². The number of aryl methyl sites for hydroxylation is 1. The first kappa shape index (κ1) is 18.4. The Morgan fingerprint density at radius 1 is 1.24 bits per heavy atom. The standard InChI is InChI=1S/C16H23IO4/c1-13(18)20-12-21-15(10-16(11-17)19-2)9-8-14-6-4-3-5-7-14/h3-7,15-16H,8-12H2,1-2H3/t15-,16-/m1/s1. The molecule has 0 spiro atoms. The zero-order chi connectivity index (χ0) is 15.5. The van der Waals surface area contributed by atoms with Crippen molar-refractivity contribution in [1.82, 2.24) is 0 Å². The number of alkyl halides is 1. The van der Waals surface area contributed by atoms with Crippen LogP contribution in [0.25, 0.3) is 0 Å². The van der Waals surface area contributed by atoms with Crippen molar-refractivity contribution >= 4 is 28.6 Å². The van der Waals surface area contributed by atoms with Crippen LogP contribution in [0.3, 0.4) is 0 Å². The molecule has 0 aliphatic carbocycles. The van der Waals surface area contributed by atoms with E-state index in [1.807, 2.05) is 18.2 Å². The van der Waals surface area contributed by atoms with Crippen LogP contribution in [-0.2, 0) is 25.4 Å². The number of rotatable bonds is 10. The number of carbonyl (C=O) groups is 1. The Kier molecular flexibility index (Phi) is 9.62. The summed E-state index contributed by atoms with van der Waals surface area (Å²) < 4.78 is 16.9. The molecule has 0 aromatic heterocycles. The summed E-state index contributed by atoms with van der Waals surface area (Å²) >= 11 is 2.31. The lowest BCUT2D eigenvalue weighted by molar-refractivity contribution is -0.159. The van der Waals surface area contributed by atoms with Crippen molar-refractivity contribution < 1.29 is 19.0 Å². The summed E-state index contributed by atoms with van der Waals surface area (Å²) in [5, 5.41) is 0. The minimum atomic E-state index is -0.325. The molecule has 1 aromatic carbocycles. The zero-order valence-electron chi connectivity index (χ0n) is 12.6. The van der Waals surface area contributed by atoms with Crippen LogP contribution in [0.1, 0.15) is 25.3 Å². The molecule has 0 saturated carbocycles. The monoisotopic (exact) mass is 406 g/mol. The van der Waals surface area contributed by atoms with Gasteiger partial charge in [-0.1, -0.05) is 52.9 Å². The van der Waals surface area contributed by atoms with E-state index in [4.69, 9.17) is 14.2 Å². The van der Waals surface area contributed by atoms with Gasteiger partial charge in [0.15, 0.2) is 6.79 Å². The Hall–Kier alpha value is -0.660. The van der Waals surface area contributed by atoms with E-state index < -0.39 is 0 Å². The van der Waals surface area contributed by atoms with Crippen LogP contribution >= 0.6 is 22.6 Å². The average Bonchev–Trinajstić information content (AvgIpc) is 2.50. The van der Waals surface area contributed by atoms with Crippen LogP contribution in [0, 0.1) is 0 Å². The third kappa shape index (κ3) is 8.38. The van der Waals surface area contributed by atoms with Crippen LogP contribution in [0.2, 0.25) is 0 Å². The van der Waals surface area contributed by atoms with E-state index in [1.165, 1.54) is 12.5 Å². The van der Waals surface area contributed by atoms with Gasteiger partial charge in [-0.15, -0.1) is 0 Å². The van der Waals surface area contributed by atoms with Crippen LogP contribution in [0.5, 0.6) is 0 Å². The number of esters is 1. The van der Waals surface area contributed by atoms with Gasteiger partial charge < -0.3 is 14.2 Å². The Bertz CT molecular complexity index is 393. The lowest BCUT2D eigenvalue weighted by Gasteiger charge is -2.22. The first-order valence-corrected chi connectivity index (χ1v) is 8.56. The number of ether oxygens (including phenoxy) is 3. The van der Waals surface area contributed by atoms with Crippen molar-refractivity contribution in [2.75, 3.05) is 18.3 Å². The van der Waals surface area contributed by atoms with Gasteiger partial charge in [0.2, 0.25) is 0 Å². The van der Waals surface area contributed by atoms with Gasteiger partial charge in [0.25, 0.3) is 0 Å². The molecule has 0 fully saturated rings. The van der Waals surface area contributed by atoms with Gasteiger partial charge in [0.1, 0.15) is 0 Å². The maximum atomic E-state index is 10.8. The third-order valence-corrected chi connectivity index (χ3v) is 4.18. The second kappa shape index (κ2) is 11.0. The Morgan fingerprint density at radius 2 is 1.95 bits per heavy atom. The molecule has 0 unspecified atom stereocenters. The summed E-state index contributed by atoms with van der Waals surface area (Å²) in [5.41, 5.74) is 1.28. The quantitative estimate of drug-likeness (QED) is 0.259. The van der Waals surface area contributed by atoms with Gasteiger partial charge in [-0.25, -0.2) is 0 Å². The first-order valence-electron chi connectivity index (χ1n) is 7.03. The lowest BCUT2D eigenvalue weighted by Crippen LogP contribution is -2.25. The van der Waals surface area contributed by atoms with Crippen molar-refractivity contribution in [3.05, 3.63) is 35.9 Å². The van der Waals surface area contributed by atoms with E-state index >= 15 is 0 Å². The van der Waals surface area contributed by atoms with Gasteiger partial charge in [-0.2, -0.15) is 0 Å². The van der Waals surface area contributed by atoms with Gasteiger partial charge in [0.05, 0.1) is 12.2 Å². The average molecular weight is 406 g/mol. The molecule has 0 radical (unpaired) electrons. The number of benzene rings is 1. The molecule has 1 rings (SSSR count). The predicted molar refractivity (Wildman–Crippen MR) is 90.6 cm³/mol. The van der Waals surface area contributed by atoms with Gasteiger partial charge in [0, 0.05) is 24.9 Å². The Balaban J connectivity index is 2.47. The second-order valence-electron chi connectivity index (χ2n) is 4.81. The highest BCUT2D eigenvalue weighted by Crippen LogP contribution is 2.15. The maximum absolute atomic E-state index is 10.8. The third-order valence-electron chi connectivity index (χ3n) is 3.19. The molecular formula is C16H23IO4. The molecule has 0 aliphatic rings. The summed E-state index contributed by atoms with van der Waals surface area (Å²) in [6.07, 6.45) is 2.78. The highest BCUT2D eigenvalue weighted by molar-refractivity contribution is 14.1. The number of methoxy groups -OCH3 is 1. The molecule has 0 aliphatic heterocycles. The fourth-order valence-electron chi connectivity index (χ4n) is 1.97. The Morgan fingerprint density at radius 3 is 2.52 bits per heavy atom. The van der Waals surface area contributed by atoms with Crippen molar-refractivity contribution in [3.63, 3.8) is 0 Å². The minimum Gasteiger partial charge on any atom is -0.439 e. The van der Waals surface area contributed by atoms with E-state index in [0.717, 1.165) is 23.7 Å². The topological polar surface area (TPSA) is 44.8 Å². The lowest BCUT2D eigenvalue weighted by atomic mass is 10.0. The molecule has 21 heavy (non-hydrogen) atoms. The summed E-state index contributed by atoms with van der Waals surface area (Å²) in [5.74, 6) is -0.325. The number of hydrogen-bond donors (Lipinski definition) is 0. The summed E-state index contributed by atoms with van der Waals surface area (Å²) in [7, 11) is 1.71. The van der Waals surface area contributed by atoms with E-state index in [1.54, 1.807) is 7.11 Å². The maximum Gasteiger partial charge on any atom is 0.304 e. The zero-order valence-corrected chi connectivity index (χ0v) is 14.7. The van der Waals surface area contributed by atoms with Gasteiger partial charge in [-0.05, 0) is 18.4 Å². The highest BCUT2D eigenvalue weighted by Gasteiger charge is 2.16. The number of hydrogen-bond acceptors (Lipinski definition) is 4. The molecular weight excluding hydrogens is 383 g/mol. The van der Waals surface area contributed by atoms with E-state index in [-0.39, 0.29) is 25.0 Å². The Labute approximate surface area is 140 Å². The number of halogens is 1. The van der Waals surface area contributed by atoms with Crippen molar-refractivity contribution in [2.45, 2.75) is 38.4 Å². The molecule has 0 heterocycles.